The van der Waals surface area contributed by atoms with Crippen molar-refractivity contribution in [2.75, 3.05) is 18.5 Å². The third-order valence-corrected chi connectivity index (χ3v) is 8.27. The van der Waals surface area contributed by atoms with E-state index in [9.17, 15) is 9.18 Å². The molecule has 3 aromatic heterocycles. The summed E-state index contributed by atoms with van der Waals surface area (Å²) in [5, 5.41) is 6.33. The van der Waals surface area contributed by atoms with Crippen molar-refractivity contribution in [1.82, 2.24) is 25.3 Å². The van der Waals surface area contributed by atoms with Crippen molar-refractivity contribution in [2.45, 2.75) is 38.1 Å². The molecule has 41 heavy (non-hydrogen) atoms. The Morgan fingerprint density at radius 3 is 2.88 bits per heavy atom. The molecule has 0 bridgehead atoms. The average molecular weight is 549 g/mol. The minimum atomic E-state index is -0.566. The fourth-order valence-electron chi connectivity index (χ4n) is 5.65. The molecule has 3 N–H and O–H groups in total. The summed E-state index contributed by atoms with van der Waals surface area (Å²) in [6.45, 7) is 3.55. The molecule has 1 atom stereocenters. The van der Waals surface area contributed by atoms with E-state index < -0.39 is 5.41 Å². The first-order valence-electron chi connectivity index (χ1n) is 13.9. The summed E-state index contributed by atoms with van der Waals surface area (Å²) in [5.41, 5.74) is 6.62. The van der Waals surface area contributed by atoms with Crippen LogP contribution in [0, 0.1) is 11.7 Å². The molecule has 3 aliphatic rings. The Bertz CT molecular complexity index is 1720. The van der Waals surface area contributed by atoms with Gasteiger partial charge in [-0.05, 0) is 55.2 Å². The molecule has 0 radical (unpaired) electrons. The molecule has 0 saturated heterocycles. The Balaban J connectivity index is 1.25. The van der Waals surface area contributed by atoms with Gasteiger partial charge < -0.3 is 10.3 Å². The summed E-state index contributed by atoms with van der Waals surface area (Å²) >= 11 is 0. The number of carbonyl (C=O) groups is 1. The van der Waals surface area contributed by atoms with Gasteiger partial charge >= 0.3 is 0 Å². The van der Waals surface area contributed by atoms with Gasteiger partial charge in [-0.15, -0.1) is 0 Å². The van der Waals surface area contributed by atoms with E-state index in [0.29, 0.717) is 48.4 Å². The molecule has 7 rings (SSSR count). The minimum Gasteiger partial charge on any atom is -0.339 e. The predicted molar refractivity (Wildman–Crippen MR) is 155 cm³/mol. The Morgan fingerprint density at radius 1 is 1.15 bits per heavy atom. The topological polar surface area (TPSA) is 120 Å². The maximum absolute atomic E-state index is 14.2. The molecule has 1 unspecified atom stereocenters. The van der Waals surface area contributed by atoms with Crippen LogP contribution in [0.2, 0.25) is 0 Å². The molecule has 5 heterocycles. The van der Waals surface area contributed by atoms with Crippen molar-refractivity contribution in [1.29, 1.82) is 0 Å². The molecule has 4 aromatic rings. The van der Waals surface area contributed by atoms with Gasteiger partial charge in [0.1, 0.15) is 17.2 Å². The van der Waals surface area contributed by atoms with Gasteiger partial charge in [-0.25, -0.2) is 9.37 Å². The number of aliphatic imine (C=N–C) groups is 2. The number of aromatic nitrogens is 4. The van der Waals surface area contributed by atoms with Crippen molar-refractivity contribution in [3.63, 3.8) is 0 Å². The Morgan fingerprint density at radius 2 is 2.05 bits per heavy atom. The third-order valence-electron chi connectivity index (χ3n) is 8.27. The summed E-state index contributed by atoms with van der Waals surface area (Å²) in [7, 11) is 0. The molecule has 1 aromatic carbocycles. The van der Waals surface area contributed by atoms with E-state index in [1.54, 1.807) is 30.7 Å². The van der Waals surface area contributed by atoms with E-state index in [2.05, 4.69) is 32.5 Å². The monoisotopic (exact) mass is 548 g/mol. The van der Waals surface area contributed by atoms with Crippen LogP contribution in [0.5, 0.6) is 0 Å². The van der Waals surface area contributed by atoms with Crippen LogP contribution in [0.15, 0.2) is 65.0 Å². The smallest absolute Gasteiger partial charge is 0.227 e. The van der Waals surface area contributed by atoms with E-state index in [-0.39, 0.29) is 17.6 Å². The highest BCUT2D eigenvalue weighted by Gasteiger charge is 2.37. The molecule has 9 nitrogen and oxygen atoms in total. The highest BCUT2D eigenvalue weighted by atomic mass is 19.1. The molecule has 0 spiro atoms. The molecule has 1 fully saturated rings. The fourth-order valence-corrected chi connectivity index (χ4v) is 5.65. The lowest BCUT2D eigenvalue weighted by atomic mass is 9.77. The SMILES string of the molecule is CC1(c2cccc(F)c2)CN=Cc2nc(C3=NCNCc4cnc(-c5cncc(NC(=O)C6CCC6)c5)cc43)[nH]c21. The lowest BCUT2D eigenvalue weighted by Gasteiger charge is -2.30. The van der Waals surface area contributed by atoms with Crippen molar-refractivity contribution < 1.29 is 9.18 Å². The minimum absolute atomic E-state index is 0.0427. The Kier molecular flexibility index (Phi) is 6.27. The maximum Gasteiger partial charge on any atom is 0.227 e. The zero-order chi connectivity index (χ0) is 28.0. The van der Waals surface area contributed by atoms with Crippen molar-refractivity contribution in [3.05, 3.63) is 94.7 Å². The van der Waals surface area contributed by atoms with E-state index in [0.717, 1.165) is 47.2 Å². The molecule has 1 aliphatic carbocycles. The van der Waals surface area contributed by atoms with E-state index >= 15 is 0 Å². The third kappa shape index (κ3) is 4.63. The van der Waals surface area contributed by atoms with Crippen LogP contribution in [-0.2, 0) is 16.8 Å². The maximum atomic E-state index is 14.2. The number of amides is 1. The standard InChI is InChI=1S/C31H29FN8O/c1-31(21-6-3-7-22(32)9-21)16-34-15-26-28(31)40-29(39-26)27-24-10-25(36-13-20(24)12-35-17-37-27)19-8-23(14-33-11-19)38-30(41)18-4-2-5-18/h3,6-11,13-15,18,35H,2,4-5,12,16-17H2,1H3,(H,38,41)(H,39,40). The number of nitrogens with zero attached hydrogens (tertiary/aromatic N) is 5. The van der Waals surface area contributed by atoms with Gasteiger partial charge in [0.05, 0.1) is 41.9 Å². The number of imidazole rings is 1. The second-order valence-corrected chi connectivity index (χ2v) is 11.1. The van der Waals surface area contributed by atoms with Crippen LogP contribution in [0.25, 0.3) is 11.3 Å². The number of carbonyl (C=O) groups excluding carboxylic acids is 1. The van der Waals surface area contributed by atoms with Gasteiger partial charge in [-0.3, -0.25) is 30.1 Å². The zero-order valence-electron chi connectivity index (χ0n) is 22.6. The van der Waals surface area contributed by atoms with Crippen molar-refractivity contribution >= 4 is 23.5 Å². The molecule has 2 aliphatic heterocycles. The first-order chi connectivity index (χ1) is 20.0. The number of halogens is 1. The number of nitrogens with one attached hydrogen (secondary N) is 3. The van der Waals surface area contributed by atoms with Gasteiger partial charge in [-0.1, -0.05) is 18.6 Å². The highest BCUT2D eigenvalue weighted by molar-refractivity contribution is 6.12. The number of benzene rings is 1. The molecule has 1 saturated carbocycles. The Labute approximate surface area is 236 Å². The number of anilines is 1. The second-order valence-electron chi connectivity index (χ2n) is 11.1. The number of hydrogen-bond donors (Lipinski definition) is 3. The molecule has 206 valence electrons. The van der Waals surface area contributed by atoms with Gasteiger partial charge in [0.25, 0.3) is 0 Å². The van der Waals surface area contributed by atoms with Crippen LogP contribution in [0.1, 0.15) is 60.1 Å². The molecular weight excluding hydrogens is 519 g/mol. The van der Waals surface area contributed by atoms with Gasteiger partial charge in [0.15, 0.2) is 5.82 Å². The van der Waals surface area contributed by atoms with Crippen LogP contribution >= 0.6 is 0 Å². The number of pyridine rings is 2. The normalized spacial score (nSPS) is 19.9. The van der Waals surface area contributed by atoms with Crippen LogP contribution in [0.4, 0.5) is 10.1 Å². The summed E-state index contributed by atoms with van der Waals surface area (Å²) in [6, 6.07) is 10.5. The summed E-state index contributed by atoms with van der Waals surface area (Å²) in [5.74, 6) is 0.463. The molecule has 1 amide bonds. The average Bonchev–Trinajstić information content (AvgIpc) is 3.27. The fraction of sp³-hybridized carbons (Fsp3) is 0.290. The van der Waals surface area contributed by atoms with Crippen LogP contribution in [0.3, 0.4) is 0 Å². The zero-order valence-corrected chi connectivity index (χ0v) is 22.6. The molecule has 10 heteroatoms. The predicted octanol–water partition coefficient (Wildman–Crippen LogP) is 4.38. The van der Waals surface area contributed by atoms with Crippen LogP contribution in [-0.4, -0.2) is 51.0 Å². The van der Waals surface area contributed by atoms with Crippen molar-refractivity contribution in [3.8, 4) is 11.3 Å². The van der Waals surface area contributed by atoms with E-state index in [1.807, 2.05) is 24.4 Å². The molecular formula is C31H29FN8O. The summed E-state index contributed by atoms with van der Waals surface area (Å²) < 4.78 is 14.2. The van der Waals surface area contributed by atoms with Gasteiger partial charge in [-0.2, -0.15) is 0 Å². The lowest BCUT2D eigenvalue weighted by molar-refractivity contribution is -0.122. The number of rotatable bonds is 5. The van der Waals surface area contributed by atoms with E-state index in [1.165, 1.54) is 6.07 Å². The van der Waals surface area contributed by atoms with Gasteiger partial charge in [0.2, 0.25) is 5.91 Å². The van der Waals surface area contributed by atoms with Crippen LogP contribution < -0.4 is 10.6 Å². The highest BCUT2D eigenvalue weighted by Crippen LogP contribution is 2.36. The lowest BCUT2D eigenvalue weighted by Crippen LogP contribution is -2.32. The first-order valence-corrected chi connectivity index (χ1v) is 13.9. The number of fused-ring (bicyclic) bond motifs is 2. The van der Waals surface area contributed by atoms with E-state index in [4.69, 9.17) is 15.0 Å². The summed E-state index contributed by atoms with van der Waals surface area (Å²) in [4.78, 5) is 39.4. The largest absolute Gasteiger partial charge is 0.339 e. The van der Waals surface area contributed by atoms with Gasteiger partial charge in [0, 0.05) is 42.2 Å². The number of aromatic amines is 1. The first kappa shape index (κ1) is 25.4. The summed E-state index contributed by atoms with van der Waals surface area (Å²) in [6.07, 6.45) is 9.98. The quantitative estimate of drug-likeness (QED) is 0.342. The second kappa shape index (κ2) is 10.1. The Hall–Kier alpha value is -4.57. The number of hydrogen-bond acceptors (Lipinski definition) is 7. The van der Waals surface area contributed by atoms with Crippen molar-refractivity contribution in [2.24, 2.45) is 15.9 Å². The number of H-pyrrole nitrogens is 1.